The molecule has 0 radical (unpaired) electrons. The lowest BCUT2D eigenvalue weighted by atomic mass is 10.1. The Morgan fingerprint density at radius 3 is 2.35 bits per heavy atom. The summed E-state index contributed by atoms with van der Waals surface area (Å²) in [4.78, 5) is 34.9. The summed E-state index contributed by atoms with van der Waals surface area (Å²) in [7, 11) is 0. The van der Waals surface area contributed by atoms with Crippen LogP contribution in [0.3, 0.4) is 0 Å². The van der Waals surface area contributed by atoms with Crippen molar-refractivity contribution < 1.29 is 19.1 Å². The van der Waals surface area contributed by atoms with Gasteiger partial charge in [-0.25, -0.2) is 4.79 Å². The van der Waals surface area contributed by atoms with Crippen molar-refractivity contribution >= 4 is 29.1 Å². The third-order valence-corrected chi connectivity index (χ3v) is 3.35. The molecule has 0 bridgehead atoms. The van der Waals surface area contributed by atoms with Crippen LogP contribution in [0.1, 0.15) is 24.2 Å². The van der Waals surface area contributed by atoms with Crippen LogP contribution in [0.25, 0.3) is 0 Å². The monoisotopic (exact) mass is 355 g/mol. The number of hydrogen-bond donors (Lipinski definition) is 3. The number of ketones is 1. The Bertz CT molecular complexity index is 805. The van der Waals surface area contributed by atoms with Crippen LogP contribution in [0.4, 0.5) is 16.2 Å². The summed E-state index contributed by atoms with van der Waals surface area (Å²) in [5.74, 6) is 0.0178. The van der Waals surface area contributed by atoms with Crippen LogP contribution in [-0.2, 0) is 4.79 Å². The Kier molecular flexibility index (Phi) is 6.73. The fourth-order valence-corrected chi connectivity index (χ4v) is 2.16. The molecular formula is C19H21N3O4. The maximum absolute atomic E-state index is 12.0. The van der Waals surface area contributed by atoms with Crippen LogP contribution < -0.4 is 20.7 Å². The van der Waals surface area contributed by atoms with Crippen molar-refractivity contribution in [3.8, 4) is 5.75 Å². The van der Waals surface area contributed by atoms with E-state index in [1.807, 2.05) is 6.92 Å². The van der Waals surface area contributed by atoms with E-state index in [9.17, 15) is 14.4 Å². The van der Waals surface area contributed by atoms with Gasteiger partial charge in [0.1, 0.15) is 5.75 Å². The highest BCUT2D eigenvalue weighted by atomic mass is 16.5. The van der Waals surface area contributed by atoms with Gasteiger partial charge in [-0.3, -0.25) is 9.59 Å². The van der Waals surface area contributed by atoms with Crippen molar-refractivity contribution in [2.24, 2.45) is 0 Å². The van der Waals surface area contributed by atoms with Crippen molar-refractivity contribution in [2.45, 2.75) is 13.8 Å². The van der Waals surface area contributed by atoms with Gasteiger partial charge in [0.25, 0.3) is 5.91 Å². The number of amides is 3. The molecule has 0 heterocycles. The van der Waals surface area contributed by atoms with Crippen molar-refractivity contribution in [1.82, 2.24) is 5.32 Å². The molecule has 0 aromatic heterocycles. The van der Waals surface area contributed by atoms with Gasteiger partial charge in [0.15, 0.2) is 12.4 Å². The molecule has 0 spiro atoms. The second-order valence-electron chi connectivity index (χ2n) is 5.49. The molecule has 26 heavy (non-hydrogen) atoms. The summed E-state index contributed by atoms with van der Waals surface area (Å²) < 4.78 is 5.41. The molecule has 0 aliphatic rings. The molecule has 7 heteroatoms. The molecule has 0 saturated heterocycles. The lowest BCUT2D eigenvalue weighted by Gasteiger charge is -2.10. The van der Waals surface area contributed by atoms with Gasteiger partial charge in [-0.05, 0) is 44.2 Å². The summed E-state index contributed by atoms with van der Waals surface area (Å²) in [6, 6.07) is 13.1. The molecule has 0 aliphatic carbocycles. The van der Waals surface area contributed by atoms with E-state index in [1.54, 1.807) is 48.5 Å². The molecule has 7 nitrogen and oxygen atoms in total. The summed E-state index contributed by atoms with van der Waals surface area (Å²) in [6.45, 7) is 3.61. The van der Waals surface area contributed by atoms with E-state index >= 15 is 0 Å². The third-order valence-electron chi connectivity index (χ3n) is 3.35. The second kappa shape index (κ2) is 9.22. The first-order chi connectivity index (χ1) is 12.5. The van der Waals surface area contributed by atoms with Gasteiger partial charge in [-0.15, -0.1) is 0 Å². The van der Waals surface area contributed by atoms with Gasteiger partial charge in [0.2, 0.25) is 0 Å². The largest absolute Gasteiger partial charge is 0.484 e. The zero-order valence-electron chi connectivity index (χ0n) is 14.7. The molecule has 2 aromatic carbocycles. The number of benzene rings is 2. The Hall–Kier alpha value is -3.35. The number of rotatable bonds is 7. The number of Topliss-reactive ketones (excluding diaryl/α,β-unsaturated/α-hetero) is 1. The molecule has 136 valence electrons. The van der Waals surface area contributed by atoms with E-state index in [-0.39, 0.29) is 24.3 Å². The van der Waals surface area contributed by atoms with E-state index in [0.29, 0.717) is 29.2 Å². The Labute approximate surface area is 151 Å². The SMILES string of the molecule is CCNC(=O)Nc1cccc(NC(=O)COc2cccc(C(C)=O)c2)c1. The second-order valence-corrected chi connectivity index (χ2v) is 5.49. The van der Waals surface area contributed by atoms with Gasteiger partial charge < -0.3 is 20.7 Å². The van der Waals surface area contributed by atoms with E-state index in [1.165, 1.54) is 6.92 Å². The minimum Gasteiger partial charge on any atom is -0.484 e. The normalized spacial score (nSPS) is 9.92. The van der Waals surface area contributed by atoms with Crippen LogP contribution in [0.2, 0.25) is 0 Å². The van der Waals surface area contributed by atoms with Crippen LogP contribution in [0.15, 0.2) is 48.5 Å². The standard InChI is InChI=1S/C19H21N3O4/c1-3-20-19(25)22-16-8-5-7-15(11-16)21-18(24)12-26-17-9-4-6-14(10-17)13(2)23/h4-11H,3,12H2,1-2H3,(H,21,24)(H2,20,22,25). The molecular weight excluding hydrogens is 334 g/mol. The van der Waals surface area contributed by atoms with Gasteiger partial charge >= 0.3 is 6.03 Å². The molecule has 2 aromatic rings. The summed E-state index contributed by atoms with van der Waals surface area (Å²) >= 11 is 0. The maximum Gasteiger partial charge on any atom is 0.319 e. The average Bonchev–Trinajstić information content (AvgIpc) is 2.60. The Balaban J connectivity index is 1.90. The molecule has 0 unspecified atom stereocenters. The number of hydrogen-bond acceptors (Lipinski definition) is 4. The van der Waals surface area contributed by atoms with Crippen LogP contribution in [0, 0.1) is 0 Å². The molecule has 2 rings (SSSR count). The number of urea groups is 1. The zero-order valence-corrected chi connectivity index (χ0v) is 14.7. The van der Waals surface area contributed by atoms with Gasteiger partial charge in [0, 0.05) is 23.5 Å². The van der Waals surface area contributed by atoms with Crippen LogP contribution in [0.5, 0.6) is 5.75 Å². The van der Waals surface area contributed by atoms with Crippen molar-refractivity contribution in [1.29, 1.82) is 0 Å². The lowest BCUT2D eigenvalue weighted by Crippen LogP contribution is -2.28. The number of carbonyl (C=O) groups is 3. The van der Waals surface area contributed by atoms with Gasteiger partial charge in [-0.1, -0.05) is 18.2 Å². The van der Waals surface area contributed by atoms with E-state index in [2.05, 4.69) is 16.0 Å². The lowest BCUT2D eigenvalue weighted by molar-refractivity contribution is -0.118. The first-order valence-corrected chi connectivity index (χ1v) is 8.16. The first kappa shape index (κ1) is 19.0. The minimum atomic E-state index is -0.353. The number of anilines is 2. The summed E-state index contributed by atoms with van der Waals surface area (Å²) in [6.07, 6.45) is 0. The topological polar surface area (TPSA) is 96.5 Å². The fraction of sp³-hybridized carbons (Fsp3) is 0.211. The molecule has 0 fully saturated rings. The summed E-state index contributed by atoms with van der Waals surface area (Å²) in [5, 5.41) is 7.98. The van der Waals surface area contributed by atoms with E-state index in [4.69, 9.17) is 4.74 Å². The summed E-state index contributed by atoms with van der Waals surface area (Å²) in [5.41, 5.74) is 1.61. The smallest absolute Gasteiger partial charge is 0.319 e. The van der Waals surface area contributed by atoms with Crippen LogP contribution >= 0.6 is 0 Å². The fourth-order valence-electron chi connectivity index (χ4n) is 2.16. The number of ether oxygens (including phenoxy) is 1. The minimum absolute atomic E-state index is 0.0728. The van der Waals surface area contributed by atoms with Gasteiger partial charge in [-0.2, -0.15) is 0 Å². The molecule has 3 N–H and O–H groups in total. The zero-order chi connectivity index (χ0) is 18.9. The van der Waals surface area contributed by atoms with Crippen molar-refractivity contribution in [2.75, 3.05) is 23.8 Å². The van der Waals surface area contributed by atoms with Crippen molar-refractivity contribution in [3.63, 3.8) is 0 Å². The van der Waals surface area contributed by atoms with Crippen molar-refractivity contribution in [3.05, 3.63) is 54.1 Å². The predicted octanol–water partition coefficient (Wildman–Crippen LogP) is 3.05. The molecule has 0 aliphatic heterocycles. The Morgan fingerprint density at radius 1 is 0.962 bits per heavy atom. The predicted molar refractivity (Wildman–Crippen MR) is 99.7 cm³/mol. The average molecular weight is 355 g/mol. The Morgan fingerprint density at radius 2 is 1.65 bits per heavy atom. The number of nitrogens with one attached hydrogen (secondary N) is 3. The quantitative estimate of drug-likeness (QED) is 0.665. The van der Waals surface area contributed by atoms with E-state index in [0.717, 1.165) is 0 Å². The first-order valence-electron chi connectivity index (χ1n) is 8.16. The van der Waals surface area contributed by atoms with Gasteiger partial charge in [0.05, 0.1) is 0 Å². The number of carbonyl (C=O) groups excluding carboxylic acids is 3. The van der Waals surface area contributed by atoms with Crippen LogP contribution in [-0.4, -0.2) is 30.9 Å². The highest BCUT2D eigenvalue weighted by Crippen LogP contribution is 2.16. The highest BCUT2D eigenvalue weighted by Gasteiger charge is 2.07. The molecule has 3 amide bonds. The molecule has 0 atom stereocenters. The highest BCUT2D eigenvalue weighted by molar-refractivity contribution is 5.95. The third kappa shape index (κ3) is 5.94. The molecule has 0 saturated carbocycles. The maximum atomic E-state index is 12.0. The van der Waals surface area contributed by atoms with E-state index < -0.39 is 0 Å².